The molecule has 0 spiro atoms. The van der Waals surface area contributed by atoms with Gasteiger partial charge in [0.1, 0.15) is 12.1 Å². The number of ether oxygens (including phenoxy) is 1. The van der Waals surface area contributed by atoms with Gasteiger partial charge in [-0.2, -0.15) is 0 Å². The first-order valence-corrected chi connectivity index (χ1v) is 6.71. The van der Waals surface area contributed by atoms with Crippen molar-refractivity contribution >= 4 is 24.2 Å². The van der Waals surface area contributed by atoms with E-state index < -0.39 is 12.1 Å². The summed E-state index contributed by atoms with van der Waals surface area (Å²) in [5, 5.41) is 5.49. The van der Waals surface area contributed by atoms with Crippen LogP contribution in [-0.2, 0) is 14.3 Å². The molecule has 1 saturated heterocycles. The first-order chi connectivity index (χ1) is 8.73. The third kappa shape index (κ3) is 6.07. The van der Waals surface area contributed by atoms with Gasteiger partial charge in [0.15, 0.2) is 0 Å². The molecule has 1 unspecified atom stereocenters. The lowest BCUT2D eigenvalue weighted by atomic mass is 10.1. The monoisotopic (exact) mass is 307 g/mol. The number of carbonyl (C=O) groups excluding carboxylic acids is 2. The number of nitrogens with one attached hydrogen (secondary N) is 2. The molecule has 0 aliphatic carbocycles. The lowest BCUT2D eigenvalue weighted by Crippen LogP contribution is -2.52. The van der Waals surface area contributed by atoms with Crippen molar-refractivity contribution in [1.29, 1.82) is 0 Å². The van der Waals surface area contributed by atoms with Crippen molar-refractivity contribution in [3.05, 3.63) is 0 Å². The minimum atomic E-state index is -0.577. The molecule has 20 heavy (non-hydrogen) atoms. The van der Waals surface area contributed by atoms with Crippen molar-refractivity contribution < 1.29 is 14.3 Å². The highest BCUT2D eigenvalue weighted by atomic mass is 35.5. The van der Waals surface area contributed by atoms with Gasteiger partial charge in [0.2, 0.25) is 11.8 Å². The van der Waals surface area contributed by atoms with Gasteiger partial charge in [0, 0.05) is 12.1 Å². The standard InChI is InChI=1S/C13H25N3O3.ClH/c1-8(11(17)16-13(2,3)4)15-12(18)10-6-5-9(7-14)19-10;/h8-10H,5-7,14H2,1-4H3,(H,15,18)(H,16,17);1H/t8?,9-,10+;/m1./s1. The van der Waals surface area contributed by atoms with Crippen molar-refractivity contribution in [1.82, 2.24) is 10.6 Å². The van der Waals surface area contributed by atoms with Gasteiger partial charge in [-0.3, -0.25) is 9.59 Å². The number of nitrogens with two attached hydrogens (primary N) is 1. The van der Waals surface area contributed by atoms with Gasteiger partial charge in [-0.05, 0) is 40.5 Å². The fraction of sp³-hybridized carbons (Fsp3) is 0.846. The molecular weight excluding hydrogens is 282 g/mol. The van der Waals surface area contributed by atoms with Crippen LogP contribution in [0.3, 0.4) is 0 Å². The molecule has 0 radical (unpaired) electrons. The quantitative estimate of drug-likeness (QED) is 0.698. The zero-order chi connectivity index (χ0) is 14.6. The van der Waals surface area contributed by atoms with E-state index >= 15 is 0 Å². The van der Waals surface area contributed by atoms with Gasteiger partial charge in [-0.25, -0.2) is 0 Å². The highest BCUT2D eigenvalue weighted by molar-refractivity contribution is 5.89. The third-order valence-corrected chi connectivity index (χ3v) is 2.91. The Morgan fingerprint density at radius 2 is 1.95 bits per heavy atom. The average molecular weight is 308 g/mol. The Hall–Kier alpha value is -0.850. The van der Waals surface area contributed by atoms with Crippen molar-refractivity contribution in [2.75, 3.05) is 6.54 Å². The first-order valence-electron chi connectivity index (χ1n) is 6.71. The molecule has 1 aliphatic heterocycles. The number of carbonyl (C=O) groups is 2. The summed E-state index contributed by atoms with van der Waals surface area (Å²) in [4.78, 5) is 23.8. The zero-order valence-corrected chi connectivity index (χ0v) is 13.4. The Morgan fingerprint density at radius 1 is 1.35 bits per heavy atom. The van der Waals surface area contributed by atoms with Gasteiger partial charge in [0.05, 0.1) is 6.10 Å². The summed E-state index contributed by atoms with van der Waals surface area (Å²) in [6.45, 7) is 7.76. The second-order valence-electron chi connectivity index (χ2n) is 6.03. The summed E-state index contributed by atoms with van der Waals surface area (Å²) in [6, 6.07) is -0.577. The van der Waals surface area contributed by atoms with Crippen LogP contribution in [0, 0.1) is 0 Å². The number of amides is 2. The first kappa shape index (κ1) is 19.1. The highest BCUT2D eigenvalue weighted by Crippen LogP contribution is 2.18. The van der Waals surface area contributed by atoms with Gasteiger partial charge < -0.3 is 21.1 Å². The largest absolute Gasteiger partial charge is 0.364 e. The van der Waals surface area contributed by atoms with E-state index in [1.54, 1.807) is 6.92 Å². The van der Waals surface area contributed by atoms with Crippen LogP contribution in [0.25, 0.3) is 0 Å². The van der Waals surface area contributed by atoms with Crippen LogP contribution in [0.15, 0.2) is 0 Å². The molecular formula is C13H26ClN3O3. The van der Waals surface area contributed by atoms with Crippen LogP contribution in [-0.4, -0.2) is 42.1 Å². The predicted octanol–water partition coefficient (Wildman–Crippen LogP) is 0.334. The number of hydrogen-bond donors (Lipinski definition) is 3. The molecule has 2 amide bonds. The molecule has 7 heteroatoms. The lowest BCUT2D eigenvalue weighted by molar-refractivity contribution is -0.136. The van der Waals surface area contributed by atoms with E-state index in [-0.39, 0.29) is 35.9 Å². The second-order valence-corrected chi connectivity index (χ2v) is 6.03. The molecule has 0 aromatic rings. The van der Waals surface area contributed by atoms with Crippen LogP contribution in [0.1, 0.15) is 40.5 Å². The van der Waals surface area contributed by atoms with E-state index in [1.807, 2.05) is 20.8 Å². The minimum absolute atomic E-state index is 0. The van der Waals surface area contributed by atoms with E-state index in [9.17, 15) is 9.59 Å². The molecule has 0 aromatic heterocycles. The van der Waals surface area contributed by atoms with E-state index in [4.69, 9.17) is 10.5 Å². The summed E-state index contributed by atoms with van der Waals surface area (Å²) in [7, 11) is 0. The lowest BCUT2D eigenvalue weighted by Gasteiger charge is -2.24. The molecule has 1 rings (SSSR count). The molecule has 0 saturated carbocycles. The number of hydrogen-bond acceptors (Lipinski definition) is 4. The third-order valence-electron chi connectivity index (χ3n) is 2.91. The normalized spacial score (nSPS) is 23.6. The molecule has 4 N–H and O–H groups in total. The van der Waals surface area contributed by atoms with E-state index in [2.05, 4.69) is 10.6 Å². The van der Waals surface area contributed by atoms with Crippen molar-refractivity contribution in [3.63, 3.8) is 0 Å². The average Bonchev–Trinajstić information content (AvgIpc) is 2.75. The number of halogens is 1. The molecule has 3 atom stereocenters. The van der Waals surface area contributed by atoms with Gasteiger partial charge in [-0.15, -0.1) is 12.4 Å². The zero-order valence-electron chi connectivity index (χ0n) is 12.6. The Labute approximate surface area is 126 Å². The van der Waals surface area contributed by atoms with Crippen LogP contribution in [0.4, 0.5) is 0 Å². The molecule has 0 aromatic carbocycles. The van der Waals surface area contributed by atoms with Gasteiger partial charge in [0.25, 0.3) is 0 Å². The van der Waals surface area contributed by atoms with Crippen LogP contribution in [0.2, 0.25) is 0 Å². The maximum atomic E-state index is 11.9. The Kier molecular flexibility index (Phi) is 7.47. The Balaban J connectivity index is 0.00000361. The van der Waals surface area contributed by atoms with Crippen LogP contribution < -0.4 is 16.4 Å². The number of rotatable bonds is 4. The summed E-state index contributed by atoms with van der Waals surface area (Å²) in [6.07, 6.45) is 0.909. The maximum absolute atomic E-state index is 11.9. The summed E-state index contributed by atoms with van der Waals surface area (Å²) in [5.41, 5.74) is 5.18. The van der Waals surface area contributed by atoms with Crippen LogP contribution >= 0.6 is 12.4 Å². The van der Waals surface area contributed by atoms with Crippen molar-refractivity contribution in [3.8, 4) is 0 Å². The van der Waals surface area contributed by atoms with Crippen LogP contribution in [0.5, 0.6) is 0 Å². The summed E-state index contributed by atoms with van der Waals surface area (Å²) >= 11 is 0. The minimum Gasteiger partial charge on any atom is -0.364 e. The predicted molar refractivity (Wildman–Crippen MR) is 79.7 cm³/mol. The Morgan fingerprint density at radius 3 is 2.40 bits per heavy atom. The highest BCUT2D eigenvalue weighted by Gasteiger charge is 2.31. The summed E-state index contributed by atoms with van der Waals surface area (Å²) in [5.74, 6) is -0.443. The molecule has 1 fully saturated rings. The smallest absolute Gasteiger partial charge is 0.249 e. The molecule has 1 heterocycles. The fourth-order valence-electron chi connectivity index (χ4n) is 1.92. The topological polar surface area (TPSA) is 93.5 Å². The van der Waals surface area contributed by atoms with Gasteiger partial charge in [-0.1, -0.05) is 0 Å². The molecule has 118 valence electrons. The second kappa shape index (κ2) is 7.81. The Bertz CT molecular complexity index is 344. The fourth-order valence-corrected chi connectivity index (χ4v) is 1.92. The molecule has 1 aliphatic rings. The van der Waals surface area contributed by atoms with E-state index in [0.717, 1.165) is 6.42 Å². The van der Waals surface area contributed by atoms with E-state index in [0.29, 0.717) is 13.0 Å². The molecule has 0 bridgehead atoms. The molecule has 6 nitrogen and oxygen atoms in total. The SMILES string of the molecule is CC(NC(=O)[C@@H]1CC[C@H](CN)O1)C(=O)NC(C)(C)C.Cl. The van der Waals surface area contributed by atoms with Gasteiger partial charge >= 0.3 is 0 Å². The summed E-state index contributed by atoms with van der Waals surface area (Å²) < 4.78 is 5.49. The maximum Gasteiger partial charge on any atom is 0.249 e. The van der Waals surface area contributed by atoms with Crippen molar-refractivity contribution in [2.45, 2.75) is 64.3 Å². The van der Waals surface area contributed by atoms with Crippen molar-refractivity contribution in [2.24, 2.45) is 5.73 Å². The van der Waals surface area contributed by atoms with E-state index in [1.165, 1.54) is 0 Å².